The van der Waals surface area contributed by atoms with Crippen LogP contribution in [0.25, 0.3) is 0 Å². The highest BCUT2D eigenvalue weighted by atomic mass is 16.5. The molecule has 6 heteroatoms. The molecule has 0 atom stereocenters. The number of carbonyl (C=O) groups excluding carboxylic acids is 1. The summed E-state index contributed by atoms with van der Waals surface area (Å²) in [5, 5.41) is 8.64. The molecule has 2 aromatic rings. The van der Waals surface area contributed by atoms with Crippen LogP contribution in [0.4, 0.5) is 16.4 Å². The largest absolute Gasteiger partial charge is 0.494 e. The van der Waals surface area contributed by atoms with Gasteiger partial charge in [0, 0.05) is 11.8 Å². The maximum atomic E-state index is 11.5. The van der Waals surface area contributed by atoms with Gasteiger partial charge in [-0.05, 0) is 31.2 Å². The van der Waals surface area contributed by atoms with Crippen LogP contribution < -0.4 is 15.4 Å². The lowest BCUT2D eigenvalue weighted by Gasteiger charge is -2.06. The van der Waals surface area contributed by atoms with E-state index in [0.29, 0.717) is 18.2 Å². The second-order valence-electron chi connectivity index (χ2n) is 3.41. The fraction of sp³-hybridized carbons (Fsp3) is 0.167. The van der Waals surface area contributed by atoms with E-state index < -0.39 is 6.03 Å². The summed E-state index contributed by atoms with van der Waals surface area (Å²) in [5.41, 5.74) is 0.662. The van der Waals surface area contributed by atoms with E-state index in [1.807, 2.05) is 6.92 Å². The van der Waals surface area contributed by atoms with Crippen LogP contribution in [0.3, 0.4) is 0 Å². The van der Waals surface area contributed by atoms with Gasteiger partial charge in [-0.3, -0.25) is 5.32 Å². The molecule has 2 N–H and O–H groups in total. The highest BCUT2D eigenvalue weighted by Crippen LogP contribution is 2.15. The van der Waals surface area contributed by atoms with E-state index in [1.54, 1.807) is 30.3 Å². The summed E-state index contributed by atoms with van der Waals surface area (Å²) in [6, 6.07) is 8.24. The molecular formula is C12H13N3O3. The summed E-state index contributed by atoms with van der Waals surface area (Å²) in [5.74, 6) is 1.05. The Bertz CT molecular complexity index is 494. The van der Waals surface area contributed by atoms with Gasteiger partial charge in [0.25, 0.3) is 0 Å². The first kappa shape index (κ1) is 12.0. The summed E-state index contributed by atoms with van der Waals surface area (Å²) < 4.78 is 10.1. The van der Waals surface area contributed by atoms with Gasteiger partial charge >= 0.3 is 6.03 Å². The Balaban J connectivity index is 1.90. The number of hydrogen-bond donors (Lipinski definition) is 2. The van der Waals surface area contributed by atoms with Crippen molar-refractivity contribution >= 4 is 17.6 Å². The number of urea groups is 1. The van der Waals surface area contributed by atoms with E-state index in [2.05, 4.69) is 15.8 Å². The van der Waals surface area contributed by atoms with Crippen molar-refractivity contribution in [3.63, 3.8) is 0 Å². The van der Waals surface area contributed by atoms with Gasteiger partial charge in [-0.1, -0.05) is 5.16 Å². The van der Waals surface area contributed by atoms with Crippen molar-refractivity contribution in [1.82, 2.24) is 5.16 Å². The van der Waals surface area contributed by atoms with Crippen molar-refractivity contribution in [2.75, 3.05) is 17.2 Å². The smallest absolute Gasteiger partial charge is 0.326 e. The first-order valence-corrected chi connectivity index (χ1v) is 5.49. The monoisotopic (exact) mass is 247 g/mol. The lowest BCUT2D eigenvalue weighted by Crippen LogP contribution is -2.18. The molecule has 94 valence electrons. The fourth-order valence-electron chi connectivity index (χ4n) is 1.36. The van der Waals surface area contributed by atoms with Crippen molar-refractivity contribution in [1.29, 1.82) is 0 Å². The molecule has 1 aromatic heterocycles. The quantitative estimate of drug-likeness (QED) is 0.870. The minimum atomic E-state index is -0.393. The fourth-order valence-corrected chi connectivity index (χ4v) is 1.36. The summed E-state index contributed by atoms with van der Waals surface area (Å²) in [6.07, 6.45) is 1.45. The zero-order valence-corrected chi connectivity index (χ0v) is 9.84. The molecular weight excluding hydrogens is 234 g/mol. The van der Waals surface area contributed by atoms with Crippen LogP contribution in [0.5, 0.6) is 5.75 Å². The number of benzene rings is 1. The minimum Gasteiger partial charge on any atom is -0.494 e. The van der Waals surface area contributed by atoms with Gasteiger partial charge in [0.1, 0.15) is 5.75 Å². The van der Waals surface area contributed by atoms with E-state index >= 15 is 0 Å². The van der Waals surface area contributed by atoms with E-state index in [0.717, 1.165) is 5.75 Å². The summed E-state index contributed by atoms with van der Waals surface area (Å²) in [4.78, 5) is 11.5. The average molecular weight is 247 g/mol. The number of carbonyl (C=O) groups is 1. The number of ether oxygens (including phenoxy) is 1. The Morgan fingerprint density at radius 3 is 2.67 bits per heavy atom. The molecule has 0 bridgehead atoms. The third-order valence-electron chi connectivity index (χ3n) is 2.10. The molecule has 0 spiro atoms. The first-order chi connectivity index (χ1) is 8.78. The molecule has 0 aliphatic rings. The first-order valence-electron chi connectivity index (χ1n) is 5.49. The molecule has 0 unspecified atom stereocenters. The summed E-state index contributed by atoms with van der Waals surface area (Å²) in [7, 11) is 0. The van der Waals surface area contributed by atoms with E-state index in [1.165, 1.54) is 6.20 Å². The number of anilines is 2. The van der Waals surface area contributed by atoms with Crippen LogP contribution in [0, 0.1) is 0 Å². The van der Waals surface area contributed by atoms with E-state index in [4.69, 9.17) is 9.26 Å². The SMILES string of the molecule is CCOc1ccc(NC(=O)Nc2ccno2)cc1. The number of aromatic nitrogens is 1. The van der Waals surface area contributed by atoms with Crippen LogP contribution in [-0.2, 0) is 0 Å². The molecule has 0 saturated carbocycles. The molecule has 2 amide bonds. The predicted octanol–water partition coefficient (Wildman–Crippen LogP) is 2.72. The predicted molar refractivity (Wildman–Crippen MR) is 66.8 cm³/mol. The molecule has 1 aromatic carbocycles. The Morgan fingerprint density at radius 2 is 2.06 bits per heavy atom. The van der Waals surface area contributed by atoms with Crippen molar-refractivity contribution in [2.45, 2.75) is 6.92 Å². The Labute approximate surface area is 104 Å². The highest BCUT2D eigenvalue weighted by Gasteiger charge is 2.04. The Kier molecular flexibility index (Phi) is 3.80. The Morgan fingerprint density at radius 1 is 1.28 bits per heavy atom. The lowest BCUT2D eigenvalue weighted by molar-refractivity contribution is 0.261. The van der Waals surface area contributed by atoms with Crippen LogP contribution in [0.2, 0.25) is 0 Å². The third kappa shape index (κ3) is 3.24. The molecule has 1 heterocycles. The topological polar surface area (TPSA) is 76.4 Å². The number of amides is 2. The highest BCUT2D eigenvalue weighted by molar-refractivity contribution is 5.98. The van der Waals surface area contributed by atoms with Crippen LogP contribution in [-0.4, -0.2) is 17.8 Å². The van der Waals surface area contributed by atoms with Gasteiger partial charge in [-0.25, -0.2) is 4.79 Å². The molecule has 6 nitrogen and oxygen atoms in total. The normalized spacial score (nSPS) is 9.83. The van der Waals surface area contributed by atoms with Gasteiger partial charge < -0.3 is 14.6 Å². The number of rotatable bonds is 4. The molecule has 0 radical (unpaired) electrons. The second-order valence-corrected chi connectivity index (χ2v) is 3.41. The maximum Gasteiger partial charge on any atom is 0.326 e. The lowest BCUT2D eigenvalue weighted by atomic mass is 10.3. The van der Waals surface area contributed by atoms with Gasteiger partial charge in [0.15, 0.2) is 0 Å². The molecule has 0 saturated heterocycles. The molecule has 18 heavy (non-hydrogen) atoms. The van der Waals surface area contributed by atoms with Crippen molar-refractivity contribution < 1.29 is 14.1 Å². The number of hydrogen-bond acceptors (Lipinski definition) is 4. The minimum absolute atomic E-state index is 0.290. The average Bonchev–Trinajstić information content (AvgIpc) is 2.84. The maximum absolute atomic E-state index is 11.5. The standard InChI is InChI=1S/C12H13N3O3/c1-2-17-10-5-3-9(4-6-10)14-12(16)15-11-7-8-13-18-11/h3-8H,2H2,1H3,(H2,14,15,16). The second kappa shape index (κ2) is 5.72. The van der Waals surface area contributed by atoms with Crippen LogP contribution in [0.1, 0.15) is 6.92 Å². The molecule has 2 rings (SSSR count). The van der Waals surface area contributed by atoms with E-state index in [9.17, 15) is 4.79 Å². The van der Waals surface area contributed by atoms with Gasteiger partial charge in [0.2, 0.25) is 5.88 Å². The molecule has 0 fully saturated rings. The Hall–Kier alpha value is -2.50. The van der Waals surface area contributed by atoms with Crippen molar-refractivity contribution in [3.8, 4) is 5.75 Å². The third-order valence-corrected chi connectivity index (χ3v) is 2.10. The summed E-state index contributed by atoms with van der Waals surface area (Å²) in [6.45, 7) is 2.52. The zero-order valence-electron chi connectivity index (χ0n) is 9.84. The van der Waals surface area contributed by atoms with Crippen LogP contribution in [0.15, 0.2) is 41.1 Å². The van der Waals surface area contributed by atoms with Gasteiger partial charge in [-0.15, -0.1) is 0 Å². The zero-order chi connectivity index (χ0) is 12.8. The van der Waals surface area contributed by atoms with Gasteiger partial charge in [0.05, 0.1) is 12.8 Å². The molecule has 0 aliphatic carbocycles. The number of nitrogens with zero attached hydrogens (tertiary/aromatic N) is 1. The molecule has 0 aliphatic heterocycles. The van der Waals surface area contributed by atoms with Crippen LogP contribution >= 0.6 is 0 Å². The van der Waals surface area contributed by atoms with E-state index in [-0.39, 0.29) is 0 Å². The van der Waals surface area contributed by atoms with Crippen molar-refractivity contribution in [2.24, 2.45) is 0 Å². The summed E-state index contributed by atoms with van der Waals surface area (Å²) >= 11 is 0. The van der Waals surface area contributed by atoms with Crippen molar-refractivity contribution in [3.05, 3.63) is 36.5 Å². The van der Waals surface area contributed by atoms with Gasteiger partial charge in [-0.2, -0.15) is 0 Å². The number of nitrogens with one attached hydrogen (secondary N) is 2.